The van der Waals surface area contributed by atoms with Gasteiger partial charge in [0, 0.05) is 53.0 Å². The van der Waals surface area contributed by atoms with Crippen molar-refractivity contribution in [2.75, 3.05) is 12.8 Å². The van der Waals surface area contributed by atoms with E-state index in [1.54, 1.807) is 43.0 Å². The zero-order valence-corrected chi connectivity index (χ0v) is 12.1. The van der Waals surface area contributed by atoms with Gasteiger partial charge in [0.15, 0.2) is 0 Å². The van der Waals surface area contributed by atoms with Gasteiger partial charge in [-0.25, -0.2) is 4.98 Å². The van der Waals surface area contributed by atoms with Crippen LogP contribution in [0.15, 0.2) is 47.9 Å². The molecule has 0 aliphatic carbocycles. The highest BCUT2D eigenvalue weighted by Gasteiger charge is 2.05. The van der Waals surface area contributed by atoms with E-state index >= 15 is 0 Å². The van der Waals surface area contributed by atoms with Gasteiger partial charge in [-0.1, -0.05) is 0 Å². The third-order valence-electron chi connectivity index (χ3n) is 2.89. The molecule has 0 saturated heterocycles. The molecule has 1 heterocycles. The molecule has 0 aliphatic heterocycles. The summed E-state index contributed by atoms with van der Waals surface area (Å²) in [6, 6.07) is 6.83. The fourth-order valence-corrected chi connectivity index (χ4v) is 2.30. The fourth-order valence-electron chi connectivity index (χ4n) is 1.78. The lowest BCUT2D eigenvalue weighted by Gasteiger charge is -2.06. The number of hydrogen-bond donors (Lipinski definition) is 1. The van der Waals surface area contributed by atoms with Crippen molar-refractivity contribution < 1.29 is 9.00 Å². The van der Waals surface area contributed by atoms with E-state index in [0.29, 0.717) is 12.1 Å². The van der Waals surface area contributed by atoms with Gasteiger partial charge in [-0.15, -0.1) is 0 Å². The summed E-state index contributed by atoms with van der Waals surface area (Å²) in [4.78, 5) is 16.6. The summed E-state index contributed by atoms with van der Waals surface area (Å²) in [7, 11) is -1.01. The molecule has 20 heavy (non-hydrogen) atoms. The molecule has 1 atom stereocenters. The number of benzene rings is 1. The van der Waals surface area contributed by atoms with Crippen LogP contribution in [0, 0.1) is 0 Å². The normalized spacial score (nSPS) is 12.1. The largest absolute Gasteiger partial charge is 0.352 e. The van der Waals surface area contributed by atoms with Crippen LogP contribution >= 0.6 is 0 Å². The van der Waals surface area contributed by atoms with Crippen LogP contribution in [-0.2, 0) is 17.3 Å². The molecule has 1 N–H and O–H groups in total. The van der Waals surface area contributed by atoms with Crippen LogP contribution < -0.4 is 5.32 Å². The Hall–Kier alpha value is -1.95. The molecule has 2 rings (SSSR count). The molecule has 0 unspecified atom stereocenters. The van der Waals surface area contributed by atoms with Crippen molar-refractivity contribution >= 4 is 16.7 Å². The Morgan fingerprint density at radius 3 is 2.70 bits per heavy atom. The van der Waals surface area contributed by atoms with Crippen LogP contribution in [0.4, 0.5) is 0 Å². The third-order valence-corrected chi connectivity index (χ3v) is 3.82. The number of carbonyl (C=O) groups is 1. The Balaban J connectivity index is 1.78. The first-order valence-corrected chi connectivity index (χ1v) is 7.90. The van der Waals surface area contributed by atoms with Crippen LogP contribution in [0.2, 0.25) is 0 Å². The second kappa shape index (κ2) is 7.00. The van der Waals surface area contributed by atoms with Gasteiger partial charge in [0.2, 0.25) is 0 Å². The Morgan fingerprint density at radius 2 is 2.10 bits per heavy atom. The SMILES string of the molecule is C[S@](=O)c1ccc(C(=O)NCCCn2ccnc2)cc1. The summed E-state index contributed by atoms with van der Waals surface area (Å²) in [5, 5.41) is 2.86. The maximum absolute atomic E-state index is 11.9. The van der Waals surface area contributed by atoms with E-state index in [9.17, 15) is 9.00 Å². The zero-order chi connectivity index (χ0) is 14.4. The summed E-state index contributed by atoms with van der Waals surface area (Å²) in [6.07, 6.45) is 7.85. The van der Waals surface area contributed by atoms with Gasteiger partial charge in [0.05, 0.1) is 6.33 Å². The number of amides is 1. The molecule has 0 saturated carbocycles. The van der Waals surface area contributed by atoms with E-state index < -0.39 is 10.8 Å². The lowest BCUT2D eigenvalue weighted by atomic mass is 10.2. The first-order valence-electron chi connectivity index (χ1n) is 6.34. The predicted molar refractivity (Wildman–Crippen MR) is 78.0 cm³/mol. The van der Waals surface area contributed by atoms with E-state index in [1.165, 1.54) is 0 Å². The lowest BCUT2D eigenvalue weighted by molar-refractivity contribution is 0.0952. The first kappa shape index (κ1) is 14.5. The van der Waals surface area contributed by atoms with E-state index in [2.05, 4.69) is 10.3 Å². The molecule has 0 radical (unpaired) electrons. The maximum atomic E-state index is 11.9. The Labute approximate surface area is 120 Å². The van der Waals surface area contributed by atoms with Crippen molar-refractivity contribution in [2.45, 2.75) is 17.9 Å². The smallest absolute Gasteiger partial charge is 0.251 e. The molecule has 5 nitrogen and oxygen atoms in total. The Kier molecular flexibility index (Phi) is 5.06. The van der Waals surface area contributed by atoms with Crippen molar-refractivity contribution in [3.05, 3.63) is 48.5 Å². The van der Waals surface area contributed by atoms with Crippen LogP contribution in [0.25, 0.3) is 0 Å². The minimum absolute atomic E-state index is 0.107. The van der Waals surface area contributed by atoms with Crippen molar-refractivity contribution in [3.8, 4) is 0 Å². The Morgan fingerprint density at radius 1 is 1.35 bits per heavy atom. The molecule has 0 bridgehead atoms. The van der Waals surface area contributed by atoms with Crippen LogP contribution in [0.3, 0.4) is 0 Å². The van der Waals surface area contributed by atoms with Gasteiger partial charge in [0.25, 0.3) is 5.91 Å². The van der Waals surface area contributed by atoms with E-state index in [-0.39, 0.29) is 5.91 Å². The number of nitrogens with zero attached hydrogens (tertiary/aromatic N) is 2. The summed E-state index contributed by atoms with van der Waals surface area (Å²) in [5.41, 5.74) is 0.585. The average molecular weight is 291 g/mol. The molecule has 106 valence electrons. The van der Waals surface area contributed by atoms with Gasteiger partial charge < -0.3 is 9.88 Å². The number of carbonyl (C=O) groups excluding carboxylic acids is 1. The summed E-state index contributed by atoms with van der Waals surface area (Å²) < 4.78 is 13.2. The lowest BCUT2D eigenvalue weighted by Crippen LogP contribution is -2.25. The molecule has 0 spiro atoms. The highest BCUT2D eigenvalue weighted by molar-refractivity contribution is 7.84. The van der Waals surface area contributed by atoms with Crippen LogP contribution in [0.1, 0.15) is 16.8 Å². The molecule has 0 aliphatic rings. The molecule has 1 aromatic carbocycles. The standard InChI is InChI=1S/C14H17N3O2S/c1-20(19)13-5-3-12(4-6-13)14(18)16-7-2-9-17-10-8-15-11-17/h3-6,8,10-11H,2,7,9H2,1H3,(H,16,18)/t20-/m0/s1. The molecule has 2 aromatic rings. The van der Waals surface area contributed by atoms with Crippen molar-refractivity contribution in [1.82, 2.24) is 14.9 Å². The fraction of sp³-hybridized carbons (Fsp3) is 0.286. The van der Waals surface area contributed by atoms with Gasteiger partial charge in [-0.3, -0.25) is 9.00 Å². The van der Waals surface area contributed by atoms with Crippen LogP contribution in [0.5, 0.6) is 0 Å². The number of aryl methyl sites for hydroxylation is 1. The monoisotopic (exact) mass is 291 g/mol. The first-order chi connectivity index (χ1) is 9.66. The Bertz CT molecular complexity index is 579. The number of imidazole rings is 1. The molecule has 0 fully saturated rings. The zero-order valence-electron chi connectivity index (χ0n) is 11.3. The number of aromatic nitrogens is 2. The second-order valence-corrected chi connectivity index (χ2v) is 5.77. The number of hydrogen-bond acceptors (Lipinski definition) is 3. The molecule has 6 heteroatoms. The highest BCUT2D eigenvalue weighted by Crippen LogP contribution is 2.07. The average Bonchev–Trinajstić information content (AvgIpc) is 2.96. The predicted octanol–water partition coefficient (Wildman–Crippen LogP) is 1.44. The number of nitrogens with one attached hydrogen (secondary N) is 1. The van der Waals surface area contributed by atoms with Crippen LogP contribution in [-0.4, -0.2) is 32.5 Å². The molecular formula is C14H17N3O2S. The third kappa shape index (κ3) is 4.03. The van der Waals surface area contributed by atoms with Gasteiger partial charge in [-0.05, 0) is 30.7 Å². The summed E-state index contributed by atoms with van der Waals surface area (Å²) >= 11 is 0. The molecular weight excluding hydrogens is 274 g/mol. The van der Waals surface area contributed by atoms with Crippen molar-refractivity contribution in [1.29, 1.82) is 0 Å². The van der Waals surface area contributed by atoms with E-state index in [4.69, 9.17) is 0 Å². The topological polar surface area (TPSA) is 64.0 Å². The quantitative estimate of drug-likeness (QED) is 0.819. The number of rotatable bonds is 6. The summed E-state index contributed by atoms with van der Waals surface area (Å²) in [6.45, 7) is 1.44. The van der Waals surface area contributed by atoms with Crippen molar-refractivity contribution in [2.24, 2.45) is 0 Å². The van der Waals surface area contributed by atoms with Gasteiger partial charge in [0.1, 0.15) is 0 Å². The van der Waals surface area contributed by atoms with E-state index in [1.807, 2.05) is 10.8 Å². The van der Waals surface area contributed by atoms with Crippen molar-refractivity contribution in [3.63, 3.8) is 0 Å². The van der Waals surface area contributed by atoms with Gasteiger partial charge in [-0.2, -0.15) is 0 Å². The minimum atomic E-state index is -1.01. The van der Waals surface area contributed by atoms with Gasteiger partial charge >= 0.3 is 0 Å². The molecule has 1 amide bonds. The molecule has 1 aromatic heterocycles. The highest BCUT2D eigenvalue weighted by atomic mass is 32.2. The maximum Gasteiger partial charge on any atom is 0.251 e. The van der Waals surface area contributed by atoms with E-state index in [0.717, 1.165) is 17.9 Å². The summed E-state index contributed by atoms with van der Waals surface area (Å²) in [5.74, 6) is -0.107. The minimum Gasteiger partial charge on any atom is -0.352 e. The second-order valence-electron chi connectivity index (χ2n) is 4.39.